The van der Waals surface area contributed by atoms with Gasteiger partial charge in [0.2, 0.25) is 0 Å². The van der Waals surface area contributed by atoms with Gasteiger partial charge in [0.25, 0.3) is 0 Å². The predicted octanol–water partition coefficient (Wildman–Crippen LogP) is 15.9. The van der Waals surface area contributed by atoms with E-state index in [0.29, 0.717) is 42.4 Å². The number of phenolic OH excluding ortho intramolecular Hbond substituents is 1. The molecular formula is C69H85F2NO14S2. The fraction of sp³-hybridized carbons (Fsp3) is 0.406. The zero-order valence-electron chi connectivity index (χ0n) is 52.6. The number of aromatic hydroxyl groups is 1. The maximum absolute atomic E-state index is 13.0. The van der Waals surface area contributed by atoms with Gasteiger partial charge < -0.3 is 33.0 Å². The number of rotatable bonds is 17. The Labute approximate surface area is 519 Å². The maximum atomic E-state index is 13.0. The molecule has 7 aromatic rings. The molecule has 1 heterocycles. The summed E-state index contributed by atoms with van der Waals surface area (Å²) in [5, 5.41) is 4.42. The third kappa shape index (κ3) is 21.3. The first-order valence-electron chi connectivity index (χ1n) is 29.3. The van der Waals surface area contributed by atoms with Crippen molar-refractivity contribution in [1.29, 1.82) is 0 Å². The minimum atomic E-state index is -5.86. The molecule has 8 rings (SSSR count). The summed E-state index contributed by atoms with van der Waals surface area (Å²) in [6, 6.07) is 51.4. The first-order valence-corrected chi connectivity index (χ1v) is 32.0. The molecule has 15 nitrogen and oxygen atoms in total. The number of oxazole rings is 1. The molecule has 0 radical (unpaired) electrons. The summed E-state index contributed by atoms with van der Waals surface area (Å²) in [7, 11) is -5.87. The Morgan fingerprint density at radius 3 is 1.50 bits per heavy atom. The van der Waals surface area contributed by atoms with Crippen molar-refractivity contribution in [3.05, 3.63) is 179 Å². The van der Waals surface area contributed by atoms with Gasteiger partial charge in [0.05, 0.1) is 38.1 Å². The molecule has 0 bridgehead atoms. The number of hydrogen-bond acceptors (Lipinski definition) is 14. The first-order chi connectivity index (χ1) is 41.2. The van der Waals surface area contributed by atoms with Gasteiger partial charge in [-0.3, -0.25) is 24.2 Å². The van der Waals surface area contributed by atoms with Crippen molar-refractivity contribution in [2.45, 2.75) is 174 Å². The summed E-state index contributed by atoms with van der Waals surface area (Å²) < 4.78 is 82.4. The molecule has 1 aliphatic rings. The normalized spacial score (nSPS) is 13.8. The molecule has 2 atom stereocenters. The van der Waals surface area contributed by atoms with Crippen LogP contribution in [0.3, 0.4) is 0 Å². The molecule has 2 N–H and O–H groups in total. The Kier molecular flexibility index (Phi) is 27.0. The van der Waals surface area contributed by atoms with Gasteiger partial charge in [0.15, 0.2) is 36.5 Å². The predicted molar refractivity (Wildman–Crippen MR) is 337 cm³/mol. The number of aromatic amines is 1. The van der Waals surface area contributed by atoms with Crippen molar-refractivity contribution < 1.29 is 69.4 Å². The van der Waals surface area contributed by atoms with Crippen LogP contribution in [0.15, 0.2) is 182 Å². The number of hydrogen-bond donors (Lipinski definition) is 2. The zero-order valence-corrected chi connectivity index (χ0v) is 54.3. The quantitative estimate of drug-likeness (QED) is 0.0284. The lowest BCUT2D eigenvalue weighted by molar-refractivity contribution is -0.170. The van der Waals surface area contributed by atoms with Crippen LogP contribution in [0.4, 0.5) is 8.78 Å². The number of benzene rings is 6. The van der Waals surface area contributed by atoms with E-state index in [2.05, 4.69) is 119 Å². The number of esters is 4. The molecule has 19 heteroatoms. The maximum Gasteiger partial charge on any atom is 0.417 e. The molecule has 0 fully saturated rings. The first kappa shape index (κ1) is 72.9. The Morgan fingerprint density at radius 2 is 1.03 bits per heavy atom. The van der Waals surface area contributed by atoms with Gasteiger partial charge in [-0.15, -0.1) is 0 Å². The second-order valence-corrected chi connectivity index (χ2v) is 27.0. The highest BCUT2D eigenvalue weighted by Crippen LogP contribution is 2.36. The number of aryl methyl sites for hydroxylation is 1. The Bertz CT molecular complexity index is 3420. The summed E-state index contributed by atoms with van der Waals surface area (Å²) >= 11 is 0. The molecular weight excluding hydrogens is 1170 g/mol. The SMILES string of the molecule is CCC(C)(C)C(=O)OC(C)C(F)(F)S(=O)(=O)[O-].CCC(C)(C)C(=O)OC1CCCCc2ccccc21.CCC(C)(C)C(=O)Oc1ccc(O)cc1.CCC(C)(C)C(=O)Oc1ccc2[nH]c(=O)oc2c1.c1ccc([S+](c2ccccc2)c2ccccc2)cc1. The van der Waals surface area contributed by atoms with Crippen LogP contribution < -0.4 is 15.2 Å². The van der Waals surface area contributed by atoms with Crippen LogP contribution in [0.25, 0.3) is 11.1 Å². The third-order valence-corrected chi connectivity index (χ3v) is 18.5. The van der Waals surface area contributed by atoms with Crippen LogP contribution in [0, 0.1) is 21.7 Å². The topological polar surface area (TPSA) is 229 Å². The highest BCUT2D eigenvalue weighted by molar-refractivity contribution is 7.97. The molecule has 2 unspecified atom stereocenters. The number of ether oxygens (including phenoxy) is 4. The van der Waals surface area contributed by atoms with Crippen LogP contribution in [0.1, 0.15) is 152 Å². The summed E-state index contributed by atoms with van der Waals surface area (Å²) in [6.07, 6.45) is 4.53. The van der Waals surface area contributed by atoms with E-state index in [9.17, 15) is 45.7 Å². The van der Waals surface area contributed by atoms with Crippen LogP contribution >= 0.6 is 0 Å². The van der Waals surface area contributed by atoms with E-state index >= 15 is 0 Å². The third-order valence-electron chi connectivity index (χ3n) is 15.2. The zero-order chi connectivity index (χ0) is 65.7. The summed E-state index contributed by atoms with van der Waals surface area (Å²) in [4.78, 5) is 64.8. The van der Waals surface area contributed by atoms with Crippen molar-refractivity contribution >= 4 is 56.0 Å². The highest BCUT2D eigenvalue weighted by Gasteiger charge is 2.48. The standard InChI is InChI=1S/C18H15S.C17H24O2.C13H15NO4.C12H16O3.C9H16F2O5S/c1-4-10-16(11-5-1)19(17-12-6-2-7-13-17)18-14-8-3-9-15-18;1-4-17(2,3)16(18)19-15-12-8-6-10-13-9-5-7-11-14(13)15;1-4-13(2,3)11(15)17-8-5-6-9-10(7-8)18-12(16)14-9;1-4-12(2,3)11(14)15-10-7-5-9(13)6-8-10;1-5-8(3,4)7(12)16-6(2)9(10,11)17(13,14)15/h1-15H;5,7,9,11,15H,4,6,8,10,12H2,1-3H3;5-7H,4H2,1-3H3,(H,14,16);5-8,13H,4H2,1-3H3;6H,5H2,1-4H3,(H,13,14,15)/q+1;;;;/p-1. The van der Waals surface area contributed by atoms with Gasteiger partial charge in [-0.2, -0.15) is 8.78 Å². The second kappa shape index (κ2) is 32.6. The van der Waals surface area contributed by atoms with Crippen LogP contribution in [0.5, 0.6) is 17.2 Å². The van der Waals surface area contributed by atoms with E-state index < -0.39 is 49.4 Å². The molecule has 0 saturated carbocycles. The van der Waals surface area contributed by atoms with Crippen molar-refractivity contribution in [2.75, 3.05) is 0 Å². The smallest absolute Gasteiger partial charge is 0.417 e. The van der Waals surface area contributed by atoms with E-state index in [1.54, 1.807) is 31.2 Å². The molecule has 1 aromatic heterocycles. The van der Waals surface area contributed by atoms with E-state index in [1.165, 1.54) is 64.3 Å². The van der Waals surface area contributed by atoms with E-state index in [-0.39, 0.29) is 46.1 Å². The van der Waals surface area contributed by atoms with Crippen molar-refractivity contribution in [2.24, 2.45) is 21.7 Å². The van der Waals surface area contributed by atoms with E-state index in [0.717, 1.165) is 32.1 Å². The van der Waals surface area contributed by atoms with E-state index in [4.69, 9.17) is 23.7 Å². The number of nitrogens with one attached hydrogen (secondary N) is 1. The van der Waals surface area contributed by atoms with Gasteiger partial charge >= 0.3 is 34.9 Å². The number of phenols is 1. The van der Waals surface area contributed by atoms with Crippen LogP contribution in [-0.4, -0.2) is 58.3 Å². The van der Waals surface area contributed by atoms with Crippen molar-refractivity contribution in [3.8, 4) is 17.2 Å². The molecule has 0 saturated heterocycles. The Balaban J connectivity index is 0.000000236. The number of aromatic nitrogens is 1. The van der Waals surface area contributed by atoms with Crippen molar-refractivity contribution in [1.82, 2.24) is 4.98 Å². The number of H-pyrrole nitrogens is 1. The second-order valence-electron chi connectivity index (χ2n) is 23.5. The molecule has 0 amide bonds. The lowest BCUT2D eigenvalue weighted by Gasteiger charge is -2.29. The summed E-state index contributed by atoms with van der Waals surface area (Å²) in [5.74, 6) is -1.14. The molecule has 88 heavy (non-hydrogen) atoms. The van der Waals surface area contributed by atoms with Crippen LogP contribution in [-0.2, 0) is 56.1 Å². The van der Waals surface area contributed by atoms with Gasteiger partial charge in [0.1, 0.15) is 23.4 Å². The van der Waals surface area contributed by atoms with Crippen LogP contribution in [0.2, 0.25) is 0 Å². The van der Waals surface area contributed by atoms with E-state index in [1.807, 2.05) is 68.4 Å². The molecule has 476 valence electrons. The number of carbonyl (C=O) groups is 4. The lowest BCUT2D eigenvalue weighted by Crippen LogP contribution is -2.44. The minimum Gasteiger partial charge on any atom is -0.743 e. The fourth-order valence-corrected chi connectivity index (χ4v) is 10.1. The van der Waals surface area contributed by atoms with Gasteiger partial charge in [0, 0.05) is 6.07 Å². The monoisotopic (exact) mass is 1250 g/mol. The fourth-order valence-electron chi connectivity index (χ4n) is 7.53. The van der Waals surface area contributed by atoms with Gasteiger partial charge in [-0.1, -0.05) is 107 Å². The number of alkyl halides is 2. The average Bonchev–Trinajstić information content (AvgIpc) is 2.97. The molecule has 6 aromatic carbocycles. The Hall–Kier alpha value is -7.61. The average molecular weight is 1250 g/mol. The molecule has 0 spiro atoms. The van der Waals surface area contributed by atoms with Gasteiger partial charge in [-0.05, 0) is 198 Å². The minimum absolute atomic E-state index is 0.0146. The van der Waals surface area contributed by atoms with Gasteiger partial charge in [-0.25, -0.2) is 13.2 Å². The lowest BCUT2D eigenvalue weighted by atomic mass is 9.90. The summed E-state index contributed by atoms with van der Waals surface area (Å²) in [6.45, 7) is 22.4. The van der Waals surface area contributed by atoms with Crippen molar-refractivity contribution in [3.63, 3.8) is 0 Å². The molecule has 1 aliphatic carbocycles. The highest BCUT2D eigenvalue weighted by atomic mass is 32.2. The number of carbonyl (C=O) groups excluding carboxylic acids is 4. The number of halogens is 2. The Morgan fingerprint density at radius 1 is 0.614 bits per heavy atom. The molecule has 0 aliphatic heterocycles. The largest absolute Gasteiger partial charge is 0.743 e. The number of fused-ring (bicyclic) bond motifs is 2. The summed E-state index contributed by atoms with van der Waals surface area (Å²) in [5.41, 5.74) is 1.09.